The van der Waals surface area contributed by atoms with Crippen molar-refractivity contribution in [1.29, 1.82) is 5.26 Å². The average molecular weight is 300 g/mol. The Morgan fingerprint density at radius 3 is 2.20 bits per heavy atom. The molecule has 0 spiro atoms. The summed E-state index contributed by atoms with van der Waals surface area (Å²) in [7, 11) is -3.12. The zero-order valence-corrected chi connectivity index (χ0v) is 12.8. The molecule has 2 aliphatic heterocycles. The van der Waals surface area contributed by atoms with Crippen LogP contribution in [0.4, 0.5) is 4.79 Å². The topological polar surface area (TPSA) is 96.3 Å². The number of fused-ring (bicyclic) bond motifs is 2. The summed E-state index contributed by atoms with van der Waals surface area (Å²) in [6, 6.07) is 2.10. The molecule has 0 aromatic rings. The zero-order chi connectivity index (χ0) is 15.2. The molecule has 1 amide bonds. The quantitative estimate of drug-likeness (QED) is 0.792. The Balaban J connectivity index is 2.14. The highest BCUT2D eigenvalue weighted by molar-refractivity contribution is 7.93. The number of nitriles is 1. The lowest BCUT2D eigenvalue weighted by Crippen LogP contribution is -2.56. The van der Waals surface area contributed by atoms with E-state index in [9.17, 15) is 18.5 Å². The maximum Gasteiger partial charge on any atom is 0.408 e. The lowest BCUT2D eigenvalue weighted by Gasteiger charge is -2.35. The minimum atomic E-state index is -3.12. The van der Waals surface area contributed by atoms with Gasteiger partial charge in [0, 0.05) is 12.8 Å². The van der Waals surface area contributed by atoms with Crippen LogP contribution in [0, 0.1) is 11.3 Å². The third-order valence-electron chi connectivity index (χ3n) is 3.85. The van der Waals surface area contributed by atoms with E-state index in [2.05, 4.69) is 11.4 Å². The lowest BCUT2D eigenvalue weighted by molar-refractivity contribution is 0.0471. The molecule has 0 aromatic heterocycles. The second-order valence-electron chi connectivity index (χ2n) is 6.64. The number of alkyl carbamates (subject to hydrolysis) is 1. The van der Waals surface area contributed by atoms with E-state index in [1.807, 2.05) is 0 Å². The number of nitrogens with one attached hydrogen (secondary N) is 1. The summed E-state index contributed by atoms with van der Waals surface area (Å²) in [5.41, 5.74) is -1.78. The van der Waals surface area contributed by atoms with Gasteiger partial charge in [-0.1, -0.05) is 0 Å². The van der Waals surface area contributed by atoms with E-state index in [1.165, 1.54) is 0 Å². The molecule has 0 saturated carbocycles. The van der Waals surface area contributed by atoms with Crippen molar-refractivity contribution >= 4 is 15.9 Å². The first-order valence-corrected chi connectivity index (χ1v) is 8.34. The number of hydrogen-bond donors (Lipinski definition) is 1. The van der Waals surface area contributed by atoms with Crippen LogP contribution in [-0.4, -0.2) is 36.2 Å². The smallest absolute Gasteiger partial charge is 0.408 e. The van der Waals surface area contributed by atoms with Crippen molar-refractivity contribution in [2.45, 2.75) is 68.1 Å². The fraction of sp³-hybridized carbons (Fsp3) is 0.846. The number of carbonyl (C=O) groups is 1. The summed E-state index contributed by atoms with van der Waals surface area (Å²) < 4.78 is 29.2. The van der Waals surface area contributed by atoms with E-state index < -0.39 is 37.6 Å². The van der Waals surface area contributed by atoms with Gasteiger partial charge in [-0.15, -0.1) is 0 Å². The van der Waals surface area contributed by atoms with Crippen molar-refractivity contribution in [3.63, 3.8) is 0 Å². The molecule has 7 heteroatoms. The van der Waals surface area contributed by atoms with Crippen molar-refractivity contribution in [3.8, 4) is 6.07 Å². The van der Waals surface area contributed by atoms with Gasteiger partial charge in [0.2, 0.25) is 0 Å². The Morgan fingerprint density at radius 2 is 1.80 bits per heavy atom. The van der Waals surface area contributed by atoms with Crippen LogP contribution in [0.1, 0.15) is 46.5 Å². The van der Waals surface area contributed by atoms with E-state index in [0.717, 1.165) is 0 Å². The molecule has 2 fully saturated rings. The van der Waals surface area contributed by atoms with Crippen LogP contribution < -0.4 is 5.32 Å². The van der Waals surface area contributed by atoms with Crippen LogP contribution in [-0.2, 0) is 14.6 Å². The molecule has 20 heavy (non-hydrogen) atoms. The standard InChI is InChI=1S/C13H20N2O4S/c1-12(2,3)19-11(16)15-13(8-14)6-9-4-5-10(7-13)20(9,17)18/h9-10H,4-7H2,1-3H3,(H,15,16). The van der Waals surface area contributed by atoms with Crippen molar-refractivity contribution in [2.75, 3.05) is 0 Å². The van der Waals surface area contributed by atoms with E-state index >= 15 is 0 Å². The van der Waals surface area contributed by atoms with Gasteiger partial charge in [0.25, 0.3) is 0 Å². The summed E-state index contributed by atoms with van der Waals surface area (Å²) in [4.78, 5) is 11.9. The molecule has 2 unspecified atom stereocenters. The molecule has 2 bridgehead atoms. The molecular weight excluding hydrogens is 280 g/mol. The average Bonchev–Trinajstić information content (AvgIpc) is 2.49. The van der Waals surface area contributed by atoms with Crippen molar-refractivity contribution in [1.82, 2.24) is 5.32 Å². The number of sulfone groups is 1. The second kappa shape index (κ2) is 4.62. The molecule has 0 aliphatic carbocycles. The number of ether oxygens (including phenoxy) is 1. The highest BCUT2D eigenvalue weighted by atomic mass is 32.2. The van der Waals surface area contributed by atoms with Gasteiger partial charge < -0.3 is 10.1 Å². The van der Waals surface area contributed by atoms with Crippen molar-refractivity contribution < 1.29 is 17.9 Å². The number of amides is 1. The summed E-state index contributed by atoms with van der Waals surface area (Å²) in [5.74, 6) is 0. The predicted octanol–water partition coefficient (Wildman–Crippen LogP) is 1.51. The molecule has 112 valence electrons. The summed E-state index contributed by atoms with van der Waals surface area (Å²) in [6.07, 6.45) is 0.792. The number of rotatable bonds is 1. The van der Waals surface area contributed by atoms with Crippen molar-refractivity contribution in [3.05, 3.63) is 0 Å². The van der Waals surface area contributed by atoms with E-state index in [-0.39, 0.29) is 12.8 Å². The molecule has 2 atom stereocenters. The van der Waals surface area contributed by atoms with Gasteiger partial charge in [-0.25, -0.2) is 13.2 Å². The van der Waals surface area contributed by atoms with Gasteiger partial charge in [-0.2, -0.15) is 5.26 Å². The van der Waals surface area contributed by atoms with Gasteiger partial charge in [0.15, 0.2) is 9.84 Å². The Morgan fingerprint density at radius 1 is 1.30 bits per heavy atom. The number of carbonyl (C=O) groups excluding carboxylic acids is 1. The second-order valence-corrected chi connectivity index (χ2v) is 9.15. The molecule has 2 rings (SSSR count). The van der Waals surface area contributed by atoms with E-state index in [1.54, 1.807) is 20.8 Å². The number of hydrogen-bond acceptors (Lipinski definition) is 5. The van der Waals surface area contributed by atoms with Crippen LogP contribution in [0.5, 0.6) is 0 Å². The third-order valence-corrected chi connectivity index (χ3v) is 6.51. The van der Waals surface area contributed by atoms with Crippen molar-refractivity contribution in [2.24, 2.45) is 0 Å². The van der Waals surface area contributed by atoms with Crippen LogP contribution >= 0.6 is 0 Å². The maximum atomic E-state index is 12.0. The SMILES string of the molecule is CC(C)(C)OC(=O)NC1(C#N)CC2CCC(C1)S2(=O)=O. The molecule has 0 radical (unpaired) electrons. The fourth-order valence-electron chi connectivity index (χ4n) is 2.99. The Kier molecular flexibility index (Phi) is 3.49. The first-order chi connectivity index (χ1) is 9.08. The monoisotopic (exact) mass is 300 g/mol. The first-order valence-electron chi connectivity index (χ1n) is 6.73. The summed E-state index contributed by atoms with van der Waals surface area (Å²) in [6.45, 7) is 5.21. The van der Waals surface area contributed by atoms with E-state index in [0.29, 0.717) is 12.8 Å². The first kappa shape index (κ1) is 15.1. The molecule has 2 aliphatic rings. The zero-order valence-electron chi connectivity index (χ0n) is 12.0. The van der Waals surface area contributed by atoms with Gasteiger partial charge >= 0.3 is 6.09 Å². The minimum Gasteiger partial charge on any atom is -0.444 e. The highest BCUT2D eigenvalue weighted by Crippen LogP contribution is 2.43. The fourth-order valence-corrected chi connectivity index (χ4v) is 5.50. The Bertz CT molecular complexity index is 536. The number of nitrogens with zero attached hydrogens (tertiary/aromatic N) is 1. The molecule has 2 heterocycles. The lowest BCUT2D eigenvalue weighted by atomic mass is 9.91. The van der Waals surface area contributed by atoms with Gasteiger partial charge in [-0.3, -0.25) is 0 Å². The summed E-state index contributed by atoms with van der Waals surface area (Å²) >= 11 is 0. The molecule has 6 nitrogen and oxygen atoms in total. The van der Waals surface area contributed by atoms with Gasteiger partial charge in [0.05, 0.1) is 16.6 Å². The van der Waals surface area contributed by atoms with Gasteiger partial charge in [-0.05, 0) is 33.6 Å². The Hall–Kier alpha value is -1.29. The molecule has 1 N–H and O–H groups in total. The molecule has 0 aromatic carbocycles. The van der Waals surface area contributed by atoms with Crippen LogP contribution in [0.2, 0.25) is 0 Å². The van der Waals surface area contributed by atoms with E-state index in [4.69, 9.17) is 4.74 Å². The maximum absolute atomic E-state index is 12.0. The van der Waals surface area contributed by atoms with Crippen LogP contribution in [0.3, 0.4) is 0 Å². The molecular formula is C13H20N2O4S. The normalized spacial score (nSPS) is 35.1. The third kappa shape index (κ3) is 2.75. The minimum absolute atomic E-state index is 0.154. The largest absolute Gasteiger partial charge is 0.444 e. The molecule has 2 saturated heterocycles. The Labute approximate surface area is 119 Å². The van der Waals surface area contributed by atoms with Crippen LogP contribution in [0.25, 0.3) is 0 Å². The van der Waals surface area contributed by atoms with Crippen LogP contribution in [0.15, 0.2) is 0 Å². The summed E-state index contributed by atoms with van der Waals surface area (Å²) in [5, 5.41) is 11.0. The van der Waals surface area contributed by atoms with Gasteiger partial charge in [0.1, 0.15) is 11.1 Å². The highest BCUT2D eigenvalue weighted by Gasteiger charge is 2.54. The predicted molar refractivity (Wildman–Crippen MR) is 72.7 cm³/mol.